The molecule has 0 spiro atoms. The maximum Gasteiger partial charge on any atom is 0.145 e. The maximum absolute atomic E-state index is 5.56. The standard InChI is InChI=1S/C55H42N2/c1-5-6-17-41-27-32-45(35-39(41)4)54-48-22-13-12-21-47(48)53(38(3)25-26-40-18-11-10-16-37(40)2)50-36-44(33-34-49(50)54)42-28-30-43(31-29-42)55-56-51-23-14-15-24-52(51)57(55)46-19-8-7-9-20-46/h1,6-11,14-36H,3,12-13H2,2,4H3/b17-6-,26-25-. The van der Waals surface area contributed by atoms with Crippen molar-refractivity contribution < 1.29 is 0 Å². The second-order valence-electron chi connectivity index (χ2n) is 14.8. The van der Waals surface area contributed by atoms with Crippen LogP contribution in [0.3, 0.4) is 0 Å². The Morgan fingerprint density at radius 2 is 1.33 bits per heavy atom. The number of rotatable bonds is 8. The van der Waals surface area contributed by atoms with Crippen molar-refractivity contribution in [1.29, 1.82) is 0 Å². The zero-order chi connectivity index (χ0) is 38.9. The molecule has 0 bridgehead atoms. The first-order valence-electron chi connectivity index (χ1n) is 19.6. The van der Waals surface area contributed by atoms with Gasteiger partial charge >= 0.3 is 0 Å². The van der Waals surface area contributed by atoms with E-state index in [0.29, 0.717) is 0 Å². The molecule has 0 unspecified atom stereocenters. The topological polar surface area (TPSA) is 17.8 Å². The predicted molar refractivity (Wildman–Crippen MR) is 244 cm³/mol. The van der Waals surface area contributed by atoms with Crippen molar-refractivity contribution in [2.75, 3.05) is 0 Å². The molecule has 57 heavy (non-hydrogen) atoms. The highest BCUT2D eigenvalue weighted by Crippen LogP contribution is 2.36. The molecule has 0 fully saturated rings. The van der Waals surface area contributed by atoms with Crippen molar-refractivity contribution in [1.82, 2.24) is 9.55 Å². The van der Waals surface area contributed by atoms with Gasteiger partial charge in [0.25, 0.3) is 0 Å². The van der Waals surface area contributed by atoms with Crippen LogP contribution in [-0.2, 0) is 0 Å². The molecule has 0 saturated heterocycles. The van der Waals surface area contributed by atoms with E-state index in [9.17, 15) is 0 Å². The van der Waals surface area contributed by atoms with Crippen LogP contribution in [-0.4, -0.2) is 9.55 Å². The number of benzene rings is 7. The Hall–Kier alpha value is -7.21. The number of aryl methyl sites for hydroxylation is 2. The molecule has 0 radical (unpaired) electrons. The van der Waals surface area contributed by atoms with E-state index < -0.39 is 0 Å². The van der Waals surface area contributed by atoms with Gasteiger partial charge in [0.1, 0.15) is 5.82 Å². The van der Waals surface area contributed by atoms with E-state index in [2.05, 4.69) is 176 Å². The monoisotopic (exact) mass is 730 g/mol. The minimum atomic E-state index is 0.922. The lowest BCUT2D eigenvalue weighted by molar-refractivity contribution is 1.10. The molecule has 0 amide bonds. The largest absolute Gasteiger partial charge is 0.292 e. The Balaban J connectivity index is 1.22. The summed E-state index contributed by atoms with van der Waals surface area (Å²) in [5.41, 5.74) is 15.9. The number of para-hydroxylation sites is 3. The molecule has 0 aliphatic heterocycles. The van der Waals surface area contributed by atoms with Crippen LogP contribution in [0.15, 0.2) is 158 Å². The fourth-order valence-electron chi connectivity index (χ4n) is 8.32. The van der Waals surface area contributed by atoms with Crippen molar-refractivity contribution >= 4 is 51.7 Å². The summed E-state index contributed by atoms with van der Waals surface area (Å²) < 4.78 is 2.25. The van der Waals surface area contributed by atoms with Gasteiger partial charge in [-0.25, -0.2) is 4.98 Å². The number of hydrogen-bond donors (Lipinski definition) is 0. The summed E-state index contributed by atoms with van der Waals surface area (Å²) in [7, 11) is 0. The third-order valence-electron chi connectivity index (χ3n) is 11.2. The van der Waals surface area contributed by atoms with Gasteiger partial charge in [-0.2, -0.15) is 0 Å². The first-order valence-corrected chi connectivity index (χ1v) is 19.6. The number of imidazole rings is 1. The highest BCUT2D eigenvalue weighted by molar-refractivity contribution is 6.06. The van der Waals surface area contributed by atoms with E-state index in [4.69, 9.17) is 18.0 Å². The lowest BCUT2D eigenvalue weighted by Gasteiger charge is -2.19. The molecule has 1 aromatic heterocycles. The SMILES string of the molecule is C#C/C=C\c1ccc(-c2c3c(c(C(=C)/C=C\c4ccccc4C)c4cc(-c5ccc(-c6nc7ccccc7n6-c6ccccc6)cc5)ccc24)=CCCC=3)cc1C. The van der Waals surface area contributed by atoms with Crippen molar-refractivity contribution in [3.63, 3.8) is 0 Å². The summed E-state index contributed by atoms with van der Waals surface area (Å²) in [5, 5.41) is 4.93. The molecule has 2 nitrogen and oxygen atoms in total. The van der Waals surface area contributed by atoms with Crippen molar-refractivity contribution in [3.8, 4) is 51.7 Å². The summed E-state index contributed by atoms with van der Waals surface area (Å²) in [6.07, 6.45) is 20.5. The van der Waals surface area contributed by atoms with Crippen LogP contribution in [0.1, 0.15) is 40.7 Å². The van der Waals surface area contributed by atoms with Crippen LogP contribution >= 0.6 is 0 Å². The minimum absolute atomic E-state index is 0.922. The second-order valence-corrected chi connectivity index (χ2v) is 14.8. The number of nitrogens with zero attached hydrogens (tertiary/aromatic N) is 2. The normalized spacial score (nSPS) is 12.4. The van der Waals surface area contributed by atoms with Gasteiger partial charge in [-0.3, -0.25) is 4.57 Å². The third kappa shape index (κ3) is 6.64. The van der Waals surface area contributed by atoms with Crippen LogP contribution in [0.5, 0.6) is 0 Å². The maximum atomic E-state index is 5.56. The third-order valence-corrected chi connectivity index (χ3v) is 11.2. The Morgan fingerprint density at radius 3 is 2.12 bits per heavy atom. The molecule has 1 aliphatic carbocycles. The van der Waals surface area contributed by atoms with Gasteiger partial charge in [0.2, 0.25) is 0 Å². The molecule has 0 saturated carbocycles. The van der Waals surface area contributed by atoms with Crippen LogP contribution in [0, 0.1) is 26.2 Å². The van der Waals surface area contributed by atoms with Crippen molar-refractivity contribution in [2.45, 2.75) is 26.7 Å². The van der Waals surface area contributed by atoms with Crippen molar-refractivity contribution in [2.24, 2.45) is 0 Å². The fourth-order valence-corrected chi connectivity index (χ4v) is 8.32. The molecule has 1 aliphatic rings. The molecule has 0 N–H and O–H groups in total. The summed E-state index contributed by atoms with van der Waals surface area (Å²) in [4.78, 5) is 5.11. The van der Waals surface area contributed by atoms with Gasteiger partial charge < -0.3 is 0 Å². The van der Waals surface area contributed by atoms with Gasteiger partial charge in [-0.05, 0) is 146 Å². The quantitative estimate of drug-likeness (QED) is 0.112. The highest BCUT2D eigenvalue weighted by atomic mass is 15.1. The summed E-state index contributed by atoms with van der Waals surface area (Å²) in [6.45, 7) is 9.04. The number of allylic oxidation sites excluding steroid dienone is 3. The molecule has 9 rings (SSSR count). The zero-order valence-electron chi connectivity index (χ0n) is 32.3. The number of fused-ring (bicyclic) bond motifs is 3. The average Bonchev–Trinajstić information content (AvgIpc) is 3.65. The Bertz CT molecular complexity index is 3090. The molecule has 8 aromatic rings. The Kier molecular flexibility index (Phi) is 9.43. The summed E-state index contributed by atoms with van der Waals surface area (Å²) >= 11 is 0. The zero-order valence-corrected chi connectivity index (χ0v) is 32.3. The minimum Gasteiger partial charge on any atom is -0.292 e. The number of hydrogen-bond acceptors (Lipinski definition) is 1. The predicted octanol–water partition coefficient (Wildman–Crippen LogP) is 12.5. The summed E-state index contributed by atoms with van der Waals surface area (Å²) in [6, 6.07) is 49.8. The summed E-state index contributed by atoms with van der Waals surface area (Å²) in [5.74, 6) is 3.55. The molecular formula is C55H42N2. The van der Waals surface area contributed by atoms with E-state index in [-0.39, 0.29) is 0 Å². The van der Waals surface area contributed by atoms with Crippen LogP contribution in [0.2, 0.25) is 0 Å². The Labute approximate surface area is 334 Å². The van der Waals surface area contributed by atoms with Gasteiger partial charge in [-0.15, -0.1) is 6.42 Å². The fraction of sp³-hybridized carbons (Fsp3) is 0.0727. The van der Waals surface area contributed by atoms with Crippen LogP contribution in [0.4, 0.5) is 0 Å². The smallest absolute Gasteiger partial charge is 0.145 e. The number of terminal acetylenes is 1. The van der Waals surface area contributed by atoms with E-state index in [1.165, 1.54) is 54.6 Å². The molecule has 1 heterocycles. The van der Waals surface area contributed by atoms with E-state index in [1.54, 1.807) is 6.08 Å². The van der Waals surface area contributed by atoms with Crippen LogP contribution < -0.4 is 10.4 Å². The molecule has 7 aromatic carbocycles. The van der Waals surface area contributed by atoms with Gasteiger partial charge in [-0.1, -0.05) is 146 Å². The molecule has 2 heteroatoms. The molecular weight excluding hydrogens is 689 g/mol. The lowest BCUT2D eigenvalue weighted by atomic mass is 9.84. The van der Waals surface area contributed by atoms with Gasteiger partial charge in [0.15, 0.2) is 0 Å². The van der Waals surface area contributed by atoms with Gasteiger partial charge in [0, 0.05) is 11.3 Å². The lowest BCUT2D eigenvalue weighted by Crippen LogP contribution is -2.32. The van der Waals surface area contributed by atoms with Crippen molar-refractivity contribution in [3.05, 3.63) is 197 Å². The van der Waals surface area contributed by atoms with E-state index >= 15 is 0 Å². The average molecular weight is 731 g/mol. The highest BCUT2D eigenvalue weighted by Gasteiger charge is 2.18. The molecule has 0 atom stereocenters. The van der Waals surface area contributed by atoms with Gasteiger partial charge in [0.05, 0.1) is 11.0 Å². The number of aromatic nitrogens is 2. The molecule has 272 valence electrons. The van der Waals surface area contributed by atoms with Crippen LogP contribution in [0.25, 0.3) is 91.0 Å². The first-order chi connectivity index (χ1) is 28.0. The Morgan fingerprint density at radius 1 is 0.649 bits per heavy atom. The second kappa shape index (κ2) is 15.1. The van der Waals surface area contributed by atoms with E-state index in [0.717, 1.165) is 63.2 Å². The first kappa shape index (κ1) is 35.5. The van der Waals surface area contributed by atoms with E-state index in [1.807, 2.05) is 18.2 Å².